The fraction of sp³-hybridized carbons (Fsp3) is 0.929. The molecule has 0 radical (unpaired) electrons. The number of amides is 1. The average Bonchev–Trinajstić information content (AvgIpc) is 2.11. The van der Waals surface area contributed by atoms with Crippen molar-refractivity contribution in [1.29, 1.82) is 0 Å². The Labute approximate surface area is 103 Å². The number of aliphatic hydroxyl groups excluding tert-OH is 1. The van der Waals surface area contributed by atoms with Crippen molar-refractivity contribution in [2.45, 2.75) is 58.1 Å². The molecule has 4 saturated carbocycles. The zero-order chi connectivity index (χ0) is 12.0. The molecule has 0 aromatic rings. The molecule has 4 rings (SSSR count). The Hall–Kier alpha value is -0.570. The van der Waals surface area contributed by atoms with Crippen LogP contribution in [0.1, 0.15) is 51.9 Å². The Bertz CT molecular complexity index is 289. The van der Waals surface area contributed by atoms with Crippen LogP contribution in [-0.2, 0) is 4.79 Å². The van der Waals surface area contributed by atoms with Gasteiger partial charge in [-0.15, -0.1) is 0 Å². The number of hydrogen-bond donors (Lipinski definition) is 2. The van der Waals surface area contributed by atoms with Gasteiger partial charge in [0.15, 0.2) is 0 Å². The number of aliphatic hydroxyl groups is 1. The van der Waals surface area contributed by atoms with Gasteiger partial charge in [-0.1, -0.05) is 0 Å². The van der Waals surface area contributed by atoms with E-state index in [0.717, 1.165) is 17.8 Å². The SMILES string of the molecule is CC(O)NC(=O)CC12CC3CC(CC(C3)C1)C2. The summed E-state index contributed by atoms with van der Waals surface area (Å²) in [7, 11) is 0. The van der Waals surface area contributed by atoms with Gasteiger partial charge < -0.3 is 10.4 Å². The largest absolute Gasteiger partial charge is 0.374 e. The van der Waals surface area contributed by atoms with Crippen molar-refractivity contribution in [2.24, 2.45) is 23.2 Å². The highest BCUT2D eigenvalue weighted by Crippen LogP contribution is 2.61. The second kappa shape index (κ2) is 3.98. The summed E-state index contributed by atoms with van der Waals surface area (Å²) < 4.78 is 0. The summed E-state index contributed by atoms with van der Waals surface area (Å²) in [4.78, 5) is 11.9. The predicted molar refractivity (Wildman–Crippen MR) is 65.0 cm³/mol. The zero-order valence-electron chi connectivity index (χ0n) is 10.6. The molecule has 0 aromatic heterocycles. The van der Waals surface area contributed by atoms with E-state index in [2.05, 4.69) is 5.32 Å². The number of rotatable bonds is 3. The molecule has 1 unspecified atom stereocenters. The molecular weight excluding hydrogens is 214 g/mol. The third kappa shape index (κ3) is 2.22. The highest BCUT2D eigenvalue weighted by Gasteiger charge is 2.51. The number of hydrogen-bond acceptors (Lipinski definition) is 2. The molecule has 0 heterocycles. The predicted octanol–water partition coefficient (Wildman–Crippen LogP) is 2.05. The first-order valence-corrected chi connectivity index (χ1v) is 7.02. The van der Waals surface area contributed by atoms with E-state index in [1.165, 1.54) is 38.5 Å². The Morgan fingerprint density at radius 2 is 1.71 bits per heavy atom. The van der Waals surface area contributed by atoms with Crippen LogP contribution >= 0.6 is 0 Å². The van der Waals surface area contributed by atoms with Gasteiger partial charge in [-0.2, -0.15) is 0 Å². The van der Waals surface area contributed by atoms with Crippen molar-refractivity contribution in [3.8, 4) is 0 Å². The third-order valence-electron chi connectivity index (χ3n) is 5.07. The molecule has 96 valence electrons. The maximum Gasteiger partial charge on any atom is 0.222 e. The van der Waals surface area contributed by atoms with Crippen molar-refractivity contribution in [3.63, 3.8) is 0 Å². The number of carbonyl (C=O) groups is 1. The van der Waals surface area contributed by atoms with Crippen molar-refractivity contribution >= 4 is 5.91 Å². The molecule has 4 fully saturated rings. The quantitative estimate of drug-likeness (QED) is 0.738. The molecule has 17 heavy (non-hydrogen) atoms. The van der Waals surface area contributed by atoms with Crippen LogP contribution in [0.25, 0.3) is 0 Å². The molecule has 0 aromatic carbocycles. The summed E-state index contributed by atoms with van der Waals surface area (Å²) in [6, 6.07) is 0. The molecule has 2 N–H and O–H groups in total. The van der Waals surface area contributed by atoms with Crippen molar-refractivity contribution < 1.29 is 9.90 Å². The minimum atomic E-state index is -0.712. The van der Waals surface area contributed by atoms with Crippen LogP contribution in [0.5, 0.6) is 0 Å². The summed E-state index contributed by atoms with van der Waals surface area (Å²) in [5.74, 6) is 2.71. The third-order valence-corrected chi connectivity index (χ3v) is 5.07. The Morgan fingerprint density at radius 3 is 2.12 bits per heavy atom. The lowest BCUT2D eigenvalue weighted by Crippen LogP contribution is -2.48. The van der Waals surface area contributed by atoms with E-state index in [1.807, 2.05) is 0 Å². The van der Waals surface area contributed by atoms with Crippen LogP contribution in [0.3, 0.4) is 0 Å². The van der Waals surface area contributed by atoms with E-state index >= 15 is 0 Å². The summed E-state index contributed by atoms with van der Waals surface area (Å²) >= 11 is 0. The van der Waals surface area contributed by atoms with Gasteiger partial charge in [0.1, 0.15) is 6.23 Å². The molecule has 3 heteroatoms. The minimum Gasteiger partial charge on any atom is -0.374 e. The second-order valence-electron chi connectivity index (χ2n) is 6.84. The van der Waals surface area contributed by atoms with Crippen LogP contribution in [0.4, 0.5) is 0 Å². The Kier molecular flexibility index (Phi) is 2.69. The molecule has 0 saturated heterocycles. The van der Waals surface area contributed by atoms with Crippen LogP contribution in [0, 0.1) is 23.2 Å². The van der Waals surface area contributed by atoms with Crippen molar-refractivity contribution in [2.75, 3.05) is 0 Å². The van der Waals surface area contributed by atoms with Gasteiger partial charge in [0, 0.05) is 6.42 Å². The molecule has 4 aliphatic rings. The summed E-state index contributed by atoms with van der Waals surface area (Å²) in [6.45, 7) is 1.61. The summed E-state index contributed by atoms with van der Waals surface area (Å²) in [6.07, 6.45) is 7.94. The Morgan fingerprint density at radius 1 is 1.24 bits per heavy atom. The molecule has 1 amide bonds. The van der Waals surface area contributed by atoms with Crippen LogP contribution in [0.15, 0.2) is 0 Å². The molecule has 0 aliphatic heterocycles. The van der Waals surface area contributed by atoms with E-state index in [9.17, 15) is 9.90 Å². The zero-order valence-corrected chi connectivity index (χ0v) is 10.6. The maximum absolute atomic E-state index is 11.9. The highest BCUT2D eigenvalue weighted by molar-refractivity contribution is 5.76. The van der Waals surface area contributed by atoms with Gasteiger partial charge >= 0.3 is 0 Å². The molecule has 4 bridgehead atoms. The fourth-order valence-corrected chi connectivity index (χ4v) is 5.13. The topological polar surface area (TPSA) is 49.3 Å². The summed E-state index contributed by atoms with van der Waals surface area (Å²) in [5, 5.41) is 11.8. The highest BCUT2D eigenvalue weighted by atomic mass is 16.3. The lowest BCUT2D eigenvalue weighted by atomic mass is 9.49. The minimum absolute atomic E-state index is 0.0435. The van der Waals surface area contributed by atoms with Gasteiger partial charge in [-0.3, -0.25) is 4.79 Å². The first-order chi connectivity index (χ1) is 8.05. The van der Waals surface area contributed by atoms with Crippen LogP contribution in [0.2, 0.25) is 0 Å². The van der Waals surface area contributed by atoms with Gasteiger partial charge in [0.05, 0.1) is 0 Å². The molecule has 4 aliphatic carbocycles. The smallest absolute Gasteiger partial charge is 0.222 e. The lowest BCUT2D eigenvalue weighted by molar-refractivity contribution is -0.131. The van der Waals surface area contributed by atoms with Gasteiger partial charge in [-0.05, 0) is 68.6 Å². The number of carbonyl (C=O) groups excluding carboxylic acids is 1. The van der Waals surface area contributed by atoms with E-state index < -0.39 is 6.23 Å². The first-order valence-electron chi connectivity index (χ1n) is 7.02. The fourth-order valence-electron chi connectivity index (χ4n) is 5.13. The van der Waals surface area contributed by atoms with Crippen LogP contribution < -0.4 is 5.32 Å². The van der Waals surface area contributed by atoms with Gasteiger partial charge in [0.2, 0.25) is 5.91 Å². The van der Waals surface area contributed by atoms with Crippen molar-refractivity contribution in [1.82, 2.24) is 5.32 Å². The van der Waals surface area contributed by atoms with E-state index in [-0.39, 0.29) is 11.3 Å². The second-order valence-corrected chi connectivity index (χ2v) is 6.84. The number of nitrogens with one attached hydrogen (secondary N) is 1. The maximum atomic E-state index is 11.9. The van der Waals surface area contributed by atoms with E-state index in [0.29, 0.717) is 6.42 Å². The Balaban J connectivity index is 1.68. The van der Waals surface area contributed by atoms with Gasteiger partial charge in [0.25, 0.3) is 0 Å². The van der Waals surface area contributed by atoms with E-state index in [1.54, 1.807) is 6.92 Å². The molecular formula is C14H23NO2. The lowest BCUT2D eigenvalue weighted by Gasteiger charge is -2.56. The average molecular weight is 237 g/mol. The monoisotopic (exact) mass is 237 g/mol. The molecule has 3 nitrogen and oxygen atoms in total. The first kappa shape index (κ1) is 11.5. The van der Waals surface area contributed by atoms with Gasteiger partial charge in [-0.25, -0.2) is 0 Å². The van der Waals surface area contributed by atoms with Crippen molar-refractivity contribution in [3.05, 3.63) is 0 Å². The van der Waals surface area contributed by atoms with Crippen LogP contribution in [-0.4, -0.2) is 17.2 Å². The standard InChI is InChI=1S/C14H23NO2/c1-9(16)15-13(17)8-14-5-10-2-11(6-14)4-12(3-10)7-14/h9-12,16H,2-8H2,1H3,(H,15,17). The molecule has 1 atom stereocenters. The van der Waals surface area contributed by atoms with E-state index in [4.69, 9.17) is 0 Å². The normalized spacial score (nSPS) is 44.7. The summed E-state index contributed by atoms with van der Waals surface area (Å²) in [5.41, 5.74) is 0.285. The molecule has 0 spiro atoms.